The van der Waals surface area contributed by atoms with Crippen molar-refractivity contribution in [2.45, 2.75) is 0 Å². The first-order valence-corrected chi connectivity index (χ1v) is 6.46. The Hall–Kier alpha value is -2.14. The maximum Gasteiger partial charge on any atom is 0.238 e. The monoisotopic (exact) mass is 315 g/mol. The Labute approximate surface area is 118 Å². The molecule has 0 amide bonds. The lowest BCUT2D eigenvalue weighted by molar-refractivity contribution is 0.460. The number of para-hydroxylation sites is 2. The van der Waals surface area contributed by atoms with E-state index in [9.17, 15) is 0 Å². The van der Waals surface area contributed by atoms with Crippen molar-refractivity contribution in [3.8, 4) is 11.6 Å². The van der Waals surface area contributed by atoms with E-state index in [4.69, 9.17) is 10.5 Å². The van der Waals surface area contributed by atoms with Crippen LogP contribution < -0.4 is 10.5 Å². The Kier molecular flexibility index (Phi) is 3.05. The van der Waals surface area contributed by atoms with Gasteiger partial charge in [-0.15, -0.1) is 0 Å². The van der Waals surface area contributed by atoms with Crippen molar-refractivity contribution in [3.05, 3.63) is 53.1 Å². The number of aromatic nitrogens is 2. The molecule has 3 rings (SSSR count). The maximum atomic E-state index is 5.73. The van der Waals surface area contributed by atoms with Crippen molar-refractivity contribution in [2.24, 2.45) is 0 Å². The smallest absolute Gasteiger partial charge is 0.238 e. The minimum atomic E-state index is 0.435. The molecule has 1 aromatic heterocycles. The molecule has 0 spiro atoms. The second-order valence-electron chi connectivity index (χ2n) is 3.99. The lowest BCUT2D eigenvalue weighted by atomic mass is 10.3. The molecule has 1 heterocycles. The Bertz CT molecular complexity index is 746. The Morgan fingerprint density at radius 1 is 1.05 bits per heavy atom. The molecule has 0 saturated heterocycles. The van der Waals surface area contributed by atoms with Crippen LogP contribution in [0.1, 0.15) is 0 Å². The molecule has 3 aromatic rings. The molecule has 0 fully saturated rings. The van der Waals surface area contributed by atoms with E-state index in [0.717, 1.165) is 15.5 Å². The van der Waals surface area contributed by atoms with Crippen molar-refractivity contribution >= 4 is 32.7 Å². The number of hydrogen-bond acceptors (Lipinski definition) is 4. The van der Waals surface area contributed by atoms with E-state index in [2.05, 4.69) is 25.9 Å². The van der Waals surface area contributed by atoms with Gasteiger partial charge in [-0.1, -0.05) is 12.1 Å². The number of rotatable bonds is 2. The van der Waals surface area contributed by atoms with Gasteiger partial charge in [-0.2, -0.15) is 0 Å². The fourth-order valence-electron chi connectivity index (χ4n) is 1.70. The second-order valence-corrected chi connectivity index (χ2v) is 4.84. The number of nitrogens with zero attached hydrogens (tertiary/aromatic N) is 2. The van der Waals surface area contributed by atoms with E-state index in [-0.39, 0.29) is 0 Å². The van der Waals surface area contributed by atoms with Crippen LogP contribution in [-0.2, 0) is 0 Å². The molecule has 0 atom stereocenters. The van der Waals surface area contributed by atoms with E-state index >= 15 is 0 Å². The van der Waals surface area contributed by atoms with Crippen molar-refractivity contribution < 1.29 is 4.74 Å². The first-order chi connectivity index (χ1) is 9.22. The molecular weight excluding hydrogens is 306 g/mol. The summed E-state index contributed by atoms with van der Waals surface area (Å²) in [5.74, 6) is 1.05. The van der Waals surface area contributed by atoms with Crippen LogP contribution in [0.3, 0.4) is 0 Å². The third kappa shape index (κ3) is 2.51. The third-order valence-electron chi connectivity index (χ3n) is 2.60. The largest absolute Gasteiger partial charge is 0.436 e. The molecule has 5 heteroatoms. The highest BCUT2D eigenvalue weighted by Crippen LogP contribution is 2.30. The normalized spacial score (nSPS) is 10.6. The molecule has 0 aliphatic heterocycles. The van der Waals surface area contributed by atoms with Crippen molar-refractivity contribution in [1.29, 1.82) is 0 Å². The van der Waals surface area contributed by atoms with Gasteiger partial charge in [0.2, 0.25) is 5.88 Å². The van der Waals surface area contributed by atoms with Crippen LogP contribution in [0.5, 0.6) is 11.6 Å². The Morgan fingerprint density at radius 2 is 1.84 bits per heavy atom. The third-order valence-corrected chi connectivity index (χ3v) is 3.25. The van der Waals surface area contributed by atoms with E-state index in [0.29, 0.717) is 17.3 Å². The molecule has 0 unspecified atom stereocenters. The molecule has 0 bridgehead atoms. The summed E-state index contributed by atoms with van der Waals surface area (Å²) in [4.78, 5) is 8.69. The van der Waals surface area contributed by atoms with Gasteiger partial charge in [0.05, 0.1) is 21.7 Å². The summed E-state index contributed by atoms with van der Waals surface area (Å²) in [6, 6.07) is 13.0. The number of benzene rings is 2. The topological polar surface area (TPSA) is 61.0 Å². The van der Waals surface area contributed by atoms with Crippen molar-refractivity contribution in [3.63, 3.8) is 0 Å². The quantitative estimate of drug-likeness (QED) is 0.731. The van der Waals surface area contributed by atoms with Crippen molar-refractivity contribution in [1.82, 2.24) is 9.97 Å². The summed E-state index contributed by atoms with van der Waals surface area (Å²) < 4.78 is 6.51. The van der Waals surface area contributed by atoms with Crippen LogP contribution in [-0.4, -0.2) is 9.97 Å². The van der Waals surface area contributed by atoms with E-state index in [1.54, 1.807) is 18.3 Å². The molecule has 19 heavy (non-hydrogen) atoms. The van der Waals surface area contributed by atoms with Crippen LogP contribution in [0.4, 0.5) is 5.69 Å². The summed E-state index contributed by atoms with van der Waals surface area (Å²) in [6.07, 6.45) is 1.60. The summed E-state index contributed by atoms with van der Waals surface area (Å²) in [6.45, 7) is 0. The van der Waals surface area contributed by atoms with Crippen molar-refractivity contribution in [2.75, 3.05) is 5.73 Å². The molecule has 2 N–H and O–H groups in total. The number of ether oxygens (including phenoxy) is 1. The highest BCUT2D eigenvalue weighted by molar-refractivity contribution is 9.10. The fourth-order valence-corrected chi connectivity index (χ4v) is 2.03. The van der Waals surface area contributed by atoms with Crippen LogP contribution in [0.25, 0.3) is 11.0 Å². The molecule has 0 aliphatic carbocycles. The minimum Gasteiger partial charge on any atom is -0.436 e. The summed E-state index contributed by atoms with van der Waals surface area (Å²) in [7, 11) is 0. The average Bonchev–Trinajstić information content (AvgIpc) is 2.43. The molecule has 0 radical (unpaired) electrons. The second kappa shape index (κ2) is 4.85. The highest BCUT2D eigenvalue weighted by Gasteiger charge is 2.06. The zero-order valence-electron chi connectivity index (χ0n) is 9.88. The van der Waals surface area contributed by atoms with Gasteiger partial charge in [0.15, 0.2) is 0 Å². The number of anilines is 1. The zero-order chi connectivity index (χ0) is 13.2. The fraction of sp³-hybridized carbons (Fsp3) is 0. The first kappa shape index (κ1) is 11.9. The number of halogens is 1. The average molecular weight is 316 g/mol. The van der Waals surface area contributed by atoms with Gasteiger partial charge < -0.3 is 10.5 Å². The Morgan fingerprint density at radius 3 is 2.68 bits per heavy atom. The predicted octanol–water partition coefficient (Wildman–Crippen LogP) is 3.77. The molecule has 2 aromatic carbocycles. The van der Waals surface area contributed by atoms with Gasteiger partial charge in [0.25, 0.3) is 0 Å². The van der Waals surface area contributed by atoms with Gasteiger partial charge in [-0.25, -0.2) is 9.97 Å². The number of nitrogens with two attached hydrogens (primary N) is 1. The lowest BCUT2D eigenvalue weighted by Crippen LogP contribution is -1.93. The number of hydrogen-bond donors (Lipinski definition) is 1. The van der Waals surface area contributed by atoms with Crippen LogP contribution in [0.15, 0.2) is 53.1 Å². The Balaban J connectivity index is 1.98. The molecule has 4 nitrogen and oxygen atoms in total. The first-order valence-electron chi connectivity index (χ1n) is 5.67. The zero-order valence-corrected chi connectivity index (χ0v) is 11.5. The van der Waals surface area contributed by atoms with Crippen LogP contribution in [0, 0.1) is 0 Å². The number of fused-ring (bicyclic) bond motifs is 1. The van der Waals surface area contributed by atoms with Crippen LogP contribution in [0.2, 0.25) is 0 Å². The van der Waals surface area contributed by atoms with Gasteiger partial charge in [-0.05, 0) is 40.2 Å². The van der Waals surface area contributed by atoms with Gasteiger partial charge in [0.1, 0.15) is 5.75 Å². The van der Waals surface area contributed by atoms with E-state index in [1.165, 1.54) is 0 Å². The van der Waals surface area contributed by atoms with Gasteiger partial charge in [-0.3, -0.25) is 0 Å². The highest BCUT2D eigenvalue weighted by atomic mass is 79.9. The maximum absolute atomic E-state index is 5.73. The molecular formula is C14H10BrN3O. The molecule has 0 aliphatic rings. The van der Waals surface area contributed by atoms with Gasteiger partial charge >= 0.3 is 0 Å². The van der Waals surface area contributed by atoms with Crippen LogP contribution >= 0.6 is 15.9 Å². The summed E-state index contributed by atoms with van der Waals surface area (Å²) in [5, 5.41) is 0. The minimum absolute atomic E-state index is 0.435. The number of nitrogen functional groups attached to an aromatic ring is 1. The molecule has 0 saturated carbocycles. The summed E-state index contributed by atoms with van der Waals surface area (Å²) in [5.41, 5.74) is 7.99. The summed E-state index contributed by atoms with van der Waals surface area (Å²) >= 11 is 3.41. The van der Waals surface area contributed by atoms with Gasteiger partial charge in [0, 0.05) is 11.8 Å². The molecule has 94 valence electrons. The van der Waals surface area contributed by atoms with E-state index < -0.39 is 0 Å². The lowest BCUT2D eigenvalue weighted by Gasteiger charge is -2.07. The predicted molar refractivity (Wildman–Crippen MR) is 78.2 cm³/mol. The standard InChI is InChI=1S/C14H10BrN3O/c15-10-6-5-9(16)7-13(10)19-14-8-17-11-3-1-2-4-12(11)18-14/h1-8H,16H2. The van der Waals surface area contributed by atoms with E-state index in [1.807, 2.05) is 30.3 Å². The SMILES string of the molecule is Nc1ccc(Br)c(Oc2cnc3ccccc3n2)c1.